The van der Waals surface area contributed by atoms with Crippen molar-refractivity contribution >= 4 is 83.8 Å². The van der Waals surface area contributed by atoms with Crippen LogP contribution in [0, 0.1) is 0 Å². The molecule has 0 saturated heterocycles. The zero-order valence-electron chi connectivity index (χ0n) is 26.3. The van der Waals surface area contributed by atoms with E-state index >= 15 is 0 Å². The van der Waals surface area contributed by atoms with E-state index in [4.69, 9.17) is 0 Å². The average Bonchev–Trinajstić information content (AvgIpc) is 3.03. The fourth-order valence-corrected chi connectivity index (χ4v) is 18.0. The molecule has 2 heteroatoms. The van der Waals surface area contributed by atoms with Gasteiger partial charge in [0.2, 0.25) is 0 Å². The summed E-state index contributed by atoms with van der Waals surface area (Å²) in [6, 6.07) is 46.3. The molecule has 44 heavy (non-hydrogen) atoms. The third-order valence-corrected chi connectivity index (χ3v) is 21.8. The molecule has 218 valence electrons. The molecular formula is C42H40Sb2. The van der Waals surface area contributed by atoms with Gasteiger partial charge in [-0.25, -0.2) is 0 Å². The summed E-state index contributed by atoms with van der Waals surface area (Å²) in [6.45, 7) is 24.9. The summed E-state index contributed by atoms with van der Waals surface area (Å²) < 4.78 is 8.77. The average molecular weight is 788 g/mol. The van der Waals surface area contributed by atoms with Crippen LogP contribution >= 0.6 is 0 Å². The van der Waals surface area contributed by atoms with Crippen LogP contribution in [0.2, 0.25) is 0 Å². The standard InChI is InChI=1S/4C9H9.C6H4.2Sb/c4*1-8(2)9-6-4-3-5-7-9;1-2-4-6-5-3-1;;/h4*4-7H,1H2,2H3;1-2,5-6H;;. The van der Waals surface area contributed by atoms with Crippen molar-refractivity contribution in [2.75, 3.05) is 0 Å². The Labute approximate surface area is 279 Å². The maximum atomic E-state index is 4.15. The topological polar surface area (TPSA) is 0 Å². The third kappa shape index (κ3) is 7.32. The molecule has 5 aromatic carbocycles. The molecule has 0 atom stereocenters. The molecule has 0 aliphatic carbocycles. The number of hydrogen-bond acceptors (Lipinski definition) is 0. The molecular weight excluding hydrogens is 748 g/mol. The number of benzene rings is 5. The SMILES string of the molecule is C=C(C)c1cc[c]([Sb]([c]2ccc(C(=C)C)cc2)[c]2cc[c]([Sb]([c]3ccc(C(=C)C)cc3)[c]3ccc(C(=C)C)cc3)cc2)cc1. The molecule has 0 radical (unpaired) electrons. The van der Waals surface area contributed by atoms with Gasteiger partial charge in [0.05, 0.1) is 0 Å². The van der Waals surface area contributed by atoms with E-state index in [1.807, 2.05) is 0 Å². The van der Waals surface area contributed by atoms with Gasteiger partial charge in [0.25, 0.3) is 0 Å². The molecule has 0 aliphatic heterocycles. The van der Waals surface area contributed by atoms with Crippen LogP contribution in [0.3, 0.4) is 0 Å². The van der Waals surface area contributed by atoms with Gasteiger partial charge in [-0.1, -0.05) is 0 Å². The molecule has 0 aromatic heterocycles. The predicted octanol–water partition coefficient (Wildman–Crippen LogP) is 6.85. The first-order chi connectivity index (χ1) is 21.1. The molecule has 0 nitrogen and oxygen atoms in total. The summed E-state index contributed by atoms with van der Waals surface area (Å²) in [5.41, 5.74) is 9.20. The van der Waals surface area contributed by atoms with E-state index in [2.05, 4.69) is 175 Å². The van der Waals surface area contributed by atoms with Crippen molar-refractivity contribution < 1.29 is 0 Å². The second-order valence-electron chi connectivity index (χ2n) is 11.5. The summed E-state index contributed by atoms with van der Waals surface area (Å²) in [5, 5.41) is 0. The molecule has 0 heterocycles. The van der Waals surface area contributed by atoms with Gasteiger partial charge >= 0.3 is 281 Å². The van der Waals surface area contributed by atoms with E-state index in [-0.39, 0.29) is 0 Å². The van der Waals surface area contributed by atoms with Crippen LogP contribution in [0.4, 0.5) is 0 Å². The first-order valence-corrected chi connectivity index (χ1v) is 22.5. The Morgan fingerprint density at radius 2 is 0.432 bits per heavy atom. The summed E-state index contributed by atoms with van der Waals surface area (Å²) in [4.78, 5) is 0. The Bertz CT molecular complexity index is 1550. The van der Waals surface area contributed by atoms with Crippen molar-refractivity contribution in [1.29, 1.82) is 0 Å². The van der Waals surface area contributed by atoms with Crippen molar-refractivity contribution in [2.24, 2.45) is 0 Å². The van der Waals surface area contributed by atoms with Gasteiger partial charge in [-0.2, -0.15) is 0 Å². The summed E-state index contributed by atoms with van der Waals surface area (Å²) in [7, 11) is 0. The summed E-state index contributed by atoms with van der Waals surface area (Å²) in [5.74, 6) is 0. The molecule has 0 bridgehead atoms. The molecule has 0 aliphatic rings. The Morgan fingerprint density at radius 1 is 0.295 bits per heavy atom. The van der Waals surface area contributed by atoms with Crippen LogP contribution in [-0.2, 0) is 0 Å². The fraction of sp³-hybridized carbons (Fsp3) is 0.0952. The molecule has 0 amide bonds. The minimum atomic E-state index is -2.29. The van der Waals surface area contributed by atoms with Crippen LogP contribution in [0.1, 0.15) is 49.9 Å². The molecule has 0 fully saturated rings. The zero-order valence-corrected chi connectivity index (χ0v) is 31.4. The van der Waals surface area contributed by atoms with E-state index in [1.165, 1.54) is 43.3 Å². The first-order valence-electron chi connectivity index (χ1n) is 14.9. The van der Waals surface area contributed by atoms with Crippen molar-refractivity contribution in [3.05, 3.63) is 170 Å². The van der Waals surface area contributed by atoms with Gasteiger partial charge in [0, 0.05) is 0 Å². The van der Waals surface area contributed by atoms with Crippen molar-refractivity contribution in [3.8, 4) is 0 Å². The van der Waals surface area contributed by atoms with Gasteiger partial charge in [0.1, 0.15) is 0 Å². The molecule has 5 rings (SSSR count). The van der Waals surface area contributed by atoms with Crippen LogP contribution in [0.5, 0.6) is 0 Å². The van der Waals surface area contributed by atoms with E-state index in [0.29, 0.717) is 0 Å². The second kappa shape index (κ2) is 14.2. The number of hydrogen-bond donors (Lipinski definition) is 0. The summed E-state index contributed by atoms with van der Waals surface area (Å²) >= 11 is -4.59. The molecule has 0 N–H and O–H groups in total. The van der Waals surface area contributed by atoms with Crippen molar-refractivity contribution in [2.45, 2.75) is 27.7 Å². The van der Waals surface area contributed by atoms with Crippen LogP contribution < -0.4 is 21.1 Å². The van der Waals surface area contributed by atoms with Gasteiger partial charge in [-0.3, -0.25) is 0 Å². The molecule has 0 saturated carbocycles. The Hall–Kier alpha value is -3.30. The predicted molar refractivity (Wildman–Crippen MR) is 200 cm³/mol. The fourth-order valence-electron chi connectivity index (χ4n) is 5.23. The van der Waals surface area contributed by atoms with Gasteiger partial charge in [0.15, 0.2) is 0 Å². The number of rotatable bonds is 10. The van der Waals surface area contributed by atoms with E-state index in [0.717, 1.165) is 22.3 Å². The second-order valence-corrected chi connectivity index (χ2v) is 24.2. The Morgan fingerprint density at radius 3 is 0.568 bits per heavy atom. The zero-order chi connectivity index (χ0) is 31.4. The molecule has 5 aromatic rings. The number of allylic oxidation sites excluding steroid dienone is 4. The van der Waals surface area contributed by atoms with Crippen LogP contribution in [0.25, 0.3) is 22.3 Å². The quantitative estimate of drug-likeness (QED) is 0.136. The van der Waals surface area contributed by atoms with E-state index in [1.54, 1.807) is 0 Å². The van der Waals surface area contributed by atoms with E-state index < -0.39 is 40.4 Å². The van der Waals surface area contributed by atoms with Gasteiger partial charge in [-0.05, 0) is 0 Å². The van der Waals surface area contributed by atoms with Crippen LogP contribution in [-0.4, -0.2) is 40.4 Å². The first kappa shape index (κ1) is 32.1. The monoisotopic (exact) mass is 786 g/mol. The maximum absolute atomic E-state index is 4.15. The molecule has 0 unspecified atom stereocenters. The molecule has 0 spiro atoms. The van der Waals surface area contributed by atoms with Crippen molar-refractivity contribution in [1.82, 2.24) is 0 Å². The van der Waals surface area contributed by atoms with Gasteiger partial charge in [-0.15, -0.1) is 0 Å². The summed E-state index contributed by atoms with van der Waals surface area (Å²) in [6.07, 6.45) is 0. The Kier molecular flexibility index (Phi) is 10.4. The minimum absolute atomic E-state index is 1.10. The normalized spacial score (nSPS) is 11.0. The van der Waals surface area contributed by atoms with Crippen LogP contribution in [0.15, 0.2) is 148 Å². The van der Waals surface area contributed by atoms with Crippen molar-refractivity contribution in [3.63, 3.8) is 0 Å². The third-order valence-electron chi connectivity index (χ3n) is 7.84. The van der Waals surface area contributed by atoms with E-state index in [9.17, 15) is 0 Å². The van der Waals surface area contributed by atoms with Gasteiger partial charge < -0.3 is 0 Å². The Balaban J connectivity index is 1.58.